The van der Waals surface area contributed by atoms with Gasteiger partial charge in [-0.25, -0.2) is 0 Å². The molecule has 0 saturated carbocycles. The van der Waals surface area contributed by atoms with Gasteiger partial charge >= 0.3 is 0 Å². The number of hydrogen-bond donors (Lipinski definition) is 5. The van der Waals surface area contributed by atoms with Gasteiger partial charge in [-0.3, -0.25) is 0 Å². The molecule has 0 spiro atoms. The van der Waals surface area contributed by atoms with Crippen LogP contribution in [0.25, 0.3) is 0 Å². The van der Waals surface area contributed by atoms with Crippen LogP contribution in [0.5, 0.6) is 0 Å². The normalized spacial score (nSPS) is 4.38. The SMILES string of the molecule is C#CC.CC(C)=N.CN.CNC.CO.CS. The van der Waals surface area contributed by atoms with Gasteiger partial charge in [-0.05, 0) is 48.2 Å². The van der Waals surface area contributed by atoms with E-state index < -0.39 is 0 Å². The summed E-state index contributed by atoms with van der Waals surface area (Å²) in [6, 6.07) is 0. The van der Waals surface area contributed by atoms with Crippen molar-refractivity contribution in [2.75, 3.05) is 34.5 Å². The molecule has 0 unspecified atom stereocenters. The number of terminal acetylenes is 1. The average Bonchev–Trinajstić information content (AvgIpc) is 2.27. The Labute approximate surface area is 108 Å². The lowest BCUT2D eigenvalue weighted by molar-refractivity contribution is 0.399. The molecule has 0 atom stereocenters. The molecule has 0 rings (SSSR count). The summed E-state index contributed by atoms with van der Waals surface area (Å²) in [5, 5.41) is 16.2. The van der Waals surface area contributed by atoms with E-state index in [1.54, 1.807) is 27.0 Å². The summed E-state index contributed by atoms with van der Waals surface area (Å²) in [5.41, 5.74) is 5.17. The third-order valence-corrected chi connectivity index (χ3v) is 0. The summed E-state index contributed by atoms with van der Waals surface area (Å²) in [7, 11) is 6.25. The molecular formula is C11H31N3OS. The average molecular weight is 253 g/mol. The van der Waals surface area contributed by atoms with Gasteiger partial charge in [-0.2, -0.15) is 12.6 Å². The first kappa shape index (κ1) is 36.1. The number of rotatable bonds is 0. The predicted molar refractivity (Wildman–Crippen MR) is 81.7 cm³/mol. The number of thiol groups is 1. The number of aliphatic hydroxyl groups is 1. The minimum atomic E-state index is 0.667. The first-order valence-electron chi connectivity index (χ1n) is 4.51. The molecule has 0 amide bonds. The largest absolute Gasteiger partial charge is 0.400 e. The van der Waals surface area contributed by atoms with Gasteiger partial charge in [0.2, 0.25) is 0 Å². The lowest BCUT2D eigenvalue weighted by atomic mass is 10.5. The molecular weight excluding hydrogens is 222 g/mol. The predicted octanol–water partition coefficient (Wildman–Crippen LogP) is 1.25. The van der Waals surface area contributed by atoms with Gasteiger partial charge in [0.1, 0.15) is 0 Å². The van der Waals surface area contributed by atoms with E-state index in [0.29, 0.717) is 5.71 Å². The van der Waals surface area contributed by atoms with Crippen molar-refractivity contribution in [1.82, 2.24) is 5.32 Å². The second-order valence-electron chi connectivity index (χ2n) is 1.79. The molecule has 5 N–H and O–H groups in total. The van der Waals surface area contributed by atoms with Crippen molar-refractivity contribution < 1.29 is 5.11 Å². The van der Waals surface area contributed by atoms with Crippen molar-refractivity contribution in [1.29, 1.82) is 5.41 Å². The van der Waals surface area contributed by atoms with E-state index in [1.807, 2.05) is 14.1 Å². The van der Waals surface area contributed by atoms with E-state index in [2.05, 4.69) is 36.0 Å². The number of hydrogen-bond acceptors (Lipinski definition) is 5. The molecule has 5 heteroatoms. The van der Waals surface area contributed by atoms with Crippen LogP contribution in [0, 0.1) is 17.8 Å². The molecule has 0 aliphatic rings. The van der Waals surface area contributed by atoms with Gasteiger partial charge in [0, 0.05) is 12.8 Å². The van der Waals surface area contributed by atoms with Crippen LogP contribution < -0.4 is 11.1 Å². The van der Waals surface area contributed by atoms with E-state index in [0.717, 1.165) is 7.11 Å². The fourth-order valence-corrected chi connectivity index (χ4v) is 0. The van der Waals surface area contributed by atoms with E-state index in [1.165, 1.54) is 7.05 Å². The lowest BCUT2D eigenvalue weighted by Gasteiger charge is -1.63. The quantitative estimate of drug-likeness (QED) is 0.256. The summed E-state index contributed by atoms with van der Waals surface area (Å²) < 4.78 is 0. The minimum Gasteiger partial charge on any atom is -0.400 e. The fraction of sp³-hybridized carbons (Fsp3) is 0.727. The molecule has 0 radical (unpaired) electrons. The van der Waals surface area contributed by atoms with Crippen molar-refractivity contribution in [2.45, 2.75) is 20.8 Å². The highest BCUT2D eigenvalue weighted by Crippen LogP contribution is 1.52. The van der Waals surface area contributed by atoms with Gasteiger partial charge < -0.3 is 21.6 Å². The summed E-state index contributed by atoms with van der Waals surface area (Å²) in [6.07, 6.45) is 6.29. The number of nitrogens with two attached hydrogens (primary N) is 1. The van der Waals surface area contributed by atoms with Gasteiger partial charge in [0.25, 0.3) is 0 Å². The summed E-state index contributed by atoms with van der Waals surface area (Å²) >= 11 is 3.53. The molecule has 0 aliphatic heterocycles. The second-order valence-corrected chi connectivity index (χ2v) is 1.79. The van der Waals surface area contributed by atoms with E-state index in [-0.39, 0.29) is 0 Å². The van der Waals surface area contributed by atoms with Crippen LogP contribution in [0.3, 0.4) is 0 Å². The highest BCUT2D eigenvalue weighted by Gasteiger charge is 1.55. The molecule has 0 aromatic carbocycles. The standard InChI is InChI=1S/C3H7N.C3H4.C2H7N.CH5N.CH4O.CH4S/c1-3(2)4;2*1-3-2;3*1-2/h4H,1-2H3;1H,2H3;3H,1-2H3;2H2,1H3;2*2H,1H3. The first-order chi connectivity index (χ1) is 7.56. The molecule has 0 aromatic rings. The molecule has 0 bridgehead atoms. The van der Waals surface area contributed by atoms with E-state index in [9.17, 15) is 0 Å². The summed E-state index contributed by atoms with van der Waals surface area (Å²) in [6.45, 7) is 5.15. The van der Waals surface area contributed by atoms with Crippen molar-refractivity contribution in [2.24, 2.45) is 5.73 Å². The van der Waals surface area contributed by atoms with Crippen molar-refractivity contribution in [3.63, 3.8) is 0 Å². The van der Waals surface area contributed by atoms with Crippen LogP contribution >= 0.6 is 12.6 Å². The lowest BCUT2D eigenvalue weighted by Crippen LogP contribution is -1.89. The minimum absolute atomic E-state index is 0.667. The van der Waals surface area contributed by atoms with E-state index >= 15 is 0 Å². The van der Waals surface area contributed by atoms with Crippen LogP contribution in [-0.4, -0.2) is 45.3 Å². The molecule has 0 aliphatic carbocycles. The molecule has 16 heavy (non-hydrogen) atoms. The Kier molecular flexibility index (Phi) is 297. The first-order valence-corrected chi connectivity index (χ1v) is 5.40. The second kappa shape index (κ2) is 132. The summed E-state index contributed by atoms with van der Waals surface area (Å²) in [5.74, 6) is 2.25. The molecule has 4 nitrogen and oxygen atoms in total. The highest BCUT2D eigenvalue weighted by atomic mass is 32.1. The molecule has 0 saturated heterocycles. The number of nitrogens with one attached hydrogen (secondary N) is 2. The molecule has 0 heterocycles. The van der Waals surface area contributed by atoms with Crippen LogP contribution in [0.4, 0.5) is 0 Å². The van der Waals surface area contributed by atoms with Crippen molar-refractivity contribution in [3.8, 4) is 12.3 Å². The van der Waals surface area contributed by atoms with Crippen molar-refractivity contribution in [3.05, 3.63) is 0 Å². The zero-order chi connectivity index (χ0) is 15.0. The van der Waals surface area contributed by atoms with E-state index in [4.69, 9.17) is 10.5 Å². The summed E-state index contributed by atoms with van der Waals surface area (Å²) in [4.78, 5) is 0. The third-order valence-electron chi connectivity index (χ3n) is 0. The smallest absolute Gasteiger partial charge is 0.0319 e. The zero-order valence-electron chi connectivity index (χ0n) is 12.0. The maximum absolute atomic E-state index is 7.00. The molecule has 102 valence electrons. The maximum atomic E-state index is 7.00. The van der Waals surface area contributed by atoms with Crippen LogP contribution in [0.1, 0.15) is 20.8 Å². The highest BCUT2D eigenvalue weighted by molar-refractivity contribution is 7.79. The Hall–Kier alpha value is -0.540. The molecule has 0 aromatic heterocycles. The van der Waals surface area contributed by atoms with Crippen LogP contribution in [0.2, 0.25) is 0 Å². The monoisotopic (exact) mass is 253 g/mol. The van der Waals surface area contributed by atoms with Crippen LogP contribution in [0.15, 0.2) is 0 Å². The Bertz CT molecular complexity index is 99.9. The van der Waals surface area contributed by atoms with Crippen molar-refractivity contribution >= 4 is 18.3 Å². The Balaban J connectivity index is -0.0000000193. The van der Waals surface area contributed by atoms with Crippen LogP contribution in [-0.2, 0) is 0 Å². The van der Waals surface area contributed by atoms with Gasteiger partial charge in [-0.1, -0.05) is 0 Å². The third kappa shape index (κ3) is 7170. The topological polar surface area (TPSA) is 82.1 Å². The Morgan fingerprint density at radius 1 is 1.25 bits per heavy atom. The Morgan fingerprint density at radius 2 is 1.25 bits per heavy atom. The maximum Gasteiger partial charge on any atom is 0.0319 e. The van der Waals surface area contributed by atoms with Gasteiger partial charge in [-0.15, -0.1) is 12.3 Å². The molecule has 0 fully saturated rings. The fourth-order valence-electron chi connectivity index (χ4n) is 0. The zero-order valence-corrected chi connectivity index (χ0v) is 12.9. The van der Waals surface area contributed by atoms with Gasteiger partial charge in [0.15, 0.2) is 0 Å². The Morgan fingerprint density at radius 3 is 1.25 bits per heavy atom. The van der Waals surface area contributed by atoms with Gasteiger partial charge in [0.05, 0.1) is 0 Å². The number of aliphatic hydroxyl groups excluding tert-OH is 1.